The maximum absolute atomic E-state index is 13.0. The molecule has 1 aliphatic rings. The van der Waals surface area contributed by atoms with E-state index in [4.69, 9.17) is 4.74 Å². The monoisotopic (exact) mass is 272 g/mol. The highest BCUT2D eigenvalue weighted by Gasteiger charge is 2.16. The fourth-order valence-electron chi connectivity index (χ4n) is 1.59. The van der Waals surface area contributed by atoms with Crippen LogP contribution in [0.4, 0.5) is 4.39 Å². The number of ether oxygens (including phenoxy) is 1. The standard InChI is InChI=1S/C11H12BrFNO/c12-10-2-1-8(13)7-11(10)15-9-3-5-14-6-4-9/h1-2,7,9H,3-6H2. The van der Waals surface area contributed by atoms with Crippen LogP contribution >= 0.6 is 15.9 Å². The van der Waals surface area contributed by atoms with E-state index in [-0.39, 0.29) is 11.9 Å². The van der Waals surface area contributed by atoms with Gasteiger partial charge in [0, 0.05) is 19.2 Å². The summed E-state index contributed by atoms with van der Waals surface area (Å²) in [6, 6.07) is 4.49. The lowest BCUT2D eigenvalue weighted by Crippen LogP contribution is -2.30. The summed E-state index contributed by atoms with van der Waals surface area (Å²) < 4.78 is 19.5. The summed E-state index contributed by atoms with van der Waals surface area (Å²) in [5.41, 5.74) is 0. The molecule has 1 aliphatic heterocycles. The van der Waals surface area contributed by atoms with Gasteiger partial charge in [-0.1, -0.05) is 0 Å². The first-order valence-electron chi connectivity index (χ1n) is 5.00. The largest absolute Gasteiger partial charge is 0.489 e. The van der Waals surface area contributed by atoms with E-state index in [1.54, 1.807) is 6.07 Å². The van der Waals surface area contributed by atoms with Crippen molar-refractivity contribution in [1.82, 2.24) is 5.32 Å². The van der Waals surface area contributed by atoms with Crippen molar-refractivity contribution in [3.63, 3.8) is 0 Å². The van der Waals surface area contributed by atoms with Gasteiger partial charge in [0.1, 0.15) is 17.7 Å². The molecule has 1 radical (unpaired) electrons. The topological polar surface area (TPSA) is 23.3 Å². The molecule has 0 saturated carbocycles. The Kier molecular flexibility index (Phi) is 3.59. The first kappa shape index (κ1) is 10.9. The summed E-state index contributed by atoms with van der Waals surface area (Å²) in [6.45, 7) is 1.69. The molecule has 0 aromatic heterocycles. The molecular formula is C11H12BrFNO. The summed E-state index contributed by atoms with van der Waals surface area (Å²) in [6.07, 6.45) is 2.01. The van der Waals surface area contributed by atoms with Crippen molar-refractivity contribution in [3.8, 4) is 5.75 Å². The summed E-state index contributed by atoms with van der Waals surface area (Å²) in [4.78, 5) is 0. The number of benzene rings is 1. The Bertz CT molecular complexity index is 339. The molecule has 0 unspecified atom stereocenters. The quantitative estimate of drug-likeness (QED) is 0.812. The Morgan fingerprint density at radius 1 is 1.33 bits per heavy atom. The van der Waals surface area contributed by atoms with Crippen LogP contribution in [0.15, 0.2) is 22.7 Å². The number of hydrogen-bond acceptors (Lipinski definition) is 1. The predicted octanol–water partition coefficient (Wildman–Crippen LogP) is 2.73. The Morgan fingerprint density at radius 2 is 2.07 bits per heavy atom. The van der Waals surface area contributed by atoms with Crippen LogP contribution in [-0.2, 0) is 0 Å². The van der Waals surface area contributed by atoms with E-state index in [2.05, 4.69) is 21.2 Å². The summed E-state index contributed by atoms with van der Waals surface area (Å²) >= 11 is 3.34. The third kappa shape index (κ3) is 2.92. The number of hydrogen-bond donors (Lipinski definition) is 0. The fraction of sp³-hybridized carbons (Fsp3) is 0.455. The zero-order chi connectivity index (χ0) is 10.7. The van der Waals surface area contributed by atoms with Crippen LogP contribution in [0.3, 0.4) is 0 Å². The maximum Gasteiger partial charge on any atom is 0.136 e. The van der Waals surface area contributed by atoms with Gasteiger partial charge < -0.3 is 4.74 Å². The molecule has 1 aromatic carbocycles. The van der Waals surface area contributed by atoms with Crippen LogP contribution in [0.2, 0.25) is 0 Å². The maximum atomic E-state index is 13.0. The molecule has 4 heteroatoms. The smallest absolute Gasteiger partial charge is 0.136 e. The lowest BCUT2D eigenvalue weighted by Gasteiger charge is -2.23. The van der Waals surface area contributed by atoms with Crippen LogP contribution < -0.4 is 10.1 Å². The van der Waals surface area contributed by atoms with Crippen LogP contribution in [0.5, 0.6) is 5.75 Å². The second kappa shape index (κ2) is 4.94. The van der Waals surface area contributed by atoms with Gasteiger partial charge in [-0.25, -0.2) is 9.71 Å². The van der Waals surface area contributed by atoms with Gasteiger partial charge in [-0.15, -0.1) is 0 Å². The SMILES string of the molecule is Fc1ccc(Br)c(OC2CC[N]CC2)c1. The molecule has 0 N–H and O–H groups in total. The third-order valence-electron chi connectivity index (χ3n) is 2.41. The van der Waals surface area contributed by atoms with Crippen molar-refractivity contribution in [1.29, 1.82) is 0 Å². The van der Waals surface area contributed by atoms with E-state index >= 15 is 0 Å². The van der Waals surface area contributed by atoms with E-state index in [1.165, 1.54) is 12.1 Å². The number of halogens is 2. The molecule has 15 heavy (non-hydrogen) atoms. The molecule has 1 heterocycles. The van der Waals surface area contributed by atoms with E-state index in [0.717, 1.165) is 30.4 Å². The molecule has 2 rings (SSSR count). The highest BCUT2D eigenvalue weighted by molar-refractivity contribution is 9.10. The lowest BCUT2D eigenvalue weighted by molar-refractivity contribution is 0.159. The van der Waals surface area contributed by atoms with Gasteiger partial charge in [0.25, 0.3) is 0 Å². The Morgan fingerprint density at radius 3 is 2.80 bits per heavy atom. The van der Waals surface area contributed by atoms with Gasteiger partial charge in [0.15, 0.2) is 0 Å². The Labute approximate surface area is 96.9 Å². The third-order valence-corrected chi connectivity index (χ3v) is 3.06. The van der Waals surface area contributed by atoms with Crippen molar-refractivity contribution in [2.45, 2.75) is 18.9 Å². The van der Waals surface area contributed by atoms with Crippen molar-refractivity contribution in [2.24, 2.45) is 0 Å². The summed E-state index contributed by atoms with van der Waals surface area (Å²) in [5, 5.41) is 4.24. The van der Waals surface area contributed by atoms with E-state index < -0.39 is 0 Å². The molecule has 0 spiro atoms. The van der Waals surface area contributed by atoms with Crippen molar-refractivity contribution >= 4 is 15.9 Å². The normalized spacial score (nSPS) is 17.7. The highest BCUT2D eigenvalue weighted by Crippen LogP contribution is 2.27. The zero-order valence-electron chi connectivity index (χ0n) is 8.25. The second-order valence-electron chi connectivity index (χ2n) is 3.56. The molecule has 0 bridgehead atoms. The van der Waals surface area contributed by atoms with Crippen LogP contribution in [0, 0.1) is 5.82 Å². The van der Waals surface area contributed by atoms with Gasteiger partial charge in [-0.3, -0.25) is 0 Å². The van der Waals surface area contributed by atoms with Gasteiger partial charge in [-0.05, 0) is 40.9 Å². The molecule has 2 nitrogen and oxygen atoms in total. The van der Waals surface area contributed by atoms with Gasteiger partial charge in [0.05, 0.1) is 4.47 Å². The summed E-state index contributed by atoms with van der Waals surface area (Å²) in [5.74, 6) is 0.315. The fourth-order valence-corrected chi connectivity index (χ4v) is 1.93. The van der Waals surface area contributed by atoms with E-state index in [9.17, 15) is 4.39 Å². The highest BCUT2D eigenvalue weighted by atomic mass is 79.9. The predicted molar refractivity (Wildman–Crippen MR) is 59.6 cm³/mol. The molecule has 1 saturated heterocycles. The van der Waals surface area contributed by atoms with Crippen molar-refractivity contribution in [2.75, 3.05) is 13.1 Å². The van der Waals surface area contributed by atoms with Gasteiger partial charge in [0.2, 0.25) is 0 Å². The molecule has 81 valence electrons. The van der Waals surface area contributed by atoms with E-state index in [1.807, 2.05) is 0 Å². The van der Waals surface area contributed by atoms with Gasteiger partial charge in [-0.2, -0.15) is 0 Å². The first-order valence-corrected chi connectivity index (χ1v) is 5.80. The second-order valence-corrected chi connectivity index (χ2v) is 4.42. The zero-order valence-corrected chi connectivity index (χ0v) is 9.84. The minimum atomic E-state index is -0.270. The van der Waals surface area contributed by atoms with Gasteiger partial charge >= 0.3 is 0 Å². The van der Waals surface area contributed by atoms with Crippen LogP contribution in [0.1, 0.15) is 12.8 Å². The van der Waals surface area contributed by atoms with Crippen LogP contribution in [0.25, 0.3) is 0 Å². The Hall–Kier alpha value is -0.610. The molecule has 1 aromatic rings. The van der Waals surface area contributed by atoms with Crippen LogP contribution in [-0.4, -0.2) is 19.2 Å². The molecule has 0 atom stereocenters. The minimum absolute atomic E-state index is 0.167. The molecule has 0 amide bonds. The summed E-state index contributed by atoms with van der Waals surface area (Å²) in [7, 11) is 0. The molecular weight excluding hydrogens is 261 g/mol. The van der Waals surface area contributed by atoms with Crippen molar-refractivity contribution < 1.29 is 9.13 Å². The first-order chi connectivity index (χ1) is 7.25. The number of piperidine rings is 1. The van der Waals surface area contributed by atoms with Crippen molar-refractivity contribution in [3.05, 3.63) is 28.5 Å². The molecule has 0 aliphatic carbocycles. The molecule has 1 fully saturated rings. The lowest BCUT2D eigenvalue weighted by atomic mass is 10.1. The Balaban J connectivity index is 2.05. The number of rotatable bonds is 2. The average molecular weight is 273 g/mol. The average Bonchev–Trinajstić information content (AvgIpc) is 2.25. The van der Waals surface area contributed by atoms with E-state index in [0.29, 0.717) is 5.75 Å². The minimum Gasteiger partial charge on any atom is -0.489 e. The number of nitrogens with zero attached hydrogens (tertiary/aromatic N) is 1.